The molecule has 1 aromatic carbocycles. The van der Waals surface area contributed by atoms with Crippen molar-refractivity contribution in [2.45, 2.75) is 39.5 Å². The van der Waals surface area contributed by atoms with Crippen LogP contribution in [0.15, 0.2) is 30.3 Å². The summed E-state index contributed by atoms with van der Waals surface area (Å²) in [7, 11) is 0. The highest BCUT2D eigenvalue weighted by atomic mass is 16.5. The highest BCUT2D eigenvalue weighted by Gasteiger charge is 2.17. The molecular formula is C20H25N3O4. The fourth-order valence-corrected chi connectivity index (χ4v) is 2.45. The molecule has 7 nitrogen and oxygen atoms in total. The number of fused-ring (bicyclic) bond motifs is 1. The van der Waals surface area contributed by atoms with E-state index in [4.69, 9.17) is 4.74 Å². The molecule has 0 spiro atoms. The van der Waals surface area contributed by atoms with Crippen LogP contribution in [-0.4, -0.2) is 36.0 Å². The number of hydrogen-bond donors (Lipinski definition) is 2. The zero-order valence-electron chi connectivity index (χ0n) is 15.9. The van der Waals surface area contributed by atoms with Crippen LogP contribution in [0.5, 0.6) is 0 Å². The molecule has 2 rings (SSSR count). The van der Waals surface area contributed by atoms with Crippen molar-refractivity contribution in [2.75, 3.05) is 13.2 Å². The lowest BCUT2D eigenvalue weighted by Gasteiger charge is -2.11. The monoisotopic (exact) mass is 371 g/mol. The predicted molar refractivity (Wildman–Crippen MR) is 103 cm³/mol. The van der Waals surface area contributed by atoms with E-state index >= 15 is 0 Å². The third kappa shape index (κ3) is 5.77. The van der Waals surface area contributed by atoms with Crippen LogP contribution in [0.1, 0.15) is 55.6 Å². The molecule has 0 fully saturated rings. The minimum Gasteiger partial charge on any atom is -0.452 e. The summed E-state index contributed by atoms with van der Waals surface area (Å²) in [6.45, 7) is 5.91. The molecule has 0 aliphatic heterocycles. The average molecular weight is 371 g/mol. The summed E-state index contributed by atoms with van der Waals surface area (Å²) in [4.78, 5) is 40.4. The van der Waals surface area contributed by atoms with Crippen molar-refractivity contribution in [1.29, 1.82) is 0 Å². The summed E-state index contributed by atoms with van der Waals surface area (Å²) in [5.41, 5.74) is 1.81. The molecule has 0 radical (unpaired) electrons. The molecule has 0 aliphatic carbocycles. The number of carbonyl (C=O) groups is 3. The average Bonchev–Trinajstić information content (AvgIpc) is 2.65. The maximum Gasteiger partial charge on any atom is 0.339 e. The van der Waals surface area contributed by atoms with Gasteiger partial charge < -0.3 is 10.1 Å². The van der Waals surface area contributed by atoms with E-state index in [1.165, 1.54) is 0 Å². The first-order chi connectivity index (χ1) is 12.9. The molecule has 1 aromatic heterocycles. The highest BCUT2D eigenvalue weighted by Crippen LogP contribution is 2.23. The Morgan fingerprint density at radius 2 is 1.93 bits per heavy atom. The van der Waals surface area contributed by atoms with Crippen LogP contribution in [-0.2, 0) is 9.53 Å². The number of esters is 1. The van der Waals surface area contributed by atoms with Crippen molar-refractivity contribution in [3.63, 3.8) is 0 Å². The number of carbonyl (C=O) groups excluding carboxylic acids is 3. The van der Waals surface area contributed by atoms with Gasteiger partial charge in [0.15, 0.2) is 6.61 Å². The molecule has 0 atom stereocenters. The molecule has 0 bridgehead atoms. The lowest BCUT2D eigenvalue weighted by molar-refractivity contribution is -0.123. The van der Waals surface area contributed by atoms with Crippen LogP contribution in [0.25, 0.3) is 10.9 Å². The third-order valence-corrected chi connectivity index (χ3v) is 3.95. The Hall–Kier alpha value is -2.96. The molecule has 7 heteroatoms. The first-order valence-corrected chi connectivity index (χ1v) is 9.06. The number of imide groups is 1. The van der Waals surface area contributed by atoms with E-state index in [1.54, 1.807) is 12.1 Å². The number of nitrogens with zero attached hydrogens (tertiary/aromatic N) is 1. The molecule has 2 aromatic rings. The molecule has 27 heavy (non-hydrogen) atoms. The zero-order valence-corrected chi connectivity index (χ0v) is 15.9. The number of para-hydroxylation sites is 1. The summed E-state index contributed by atoms with van der Waals surface area (Å²) in [6.07, 6.45) is 1.76. The topological polar surface area (TPSA) is 97.4 Å². The number of nitrogens with one attached hydrogen (secondary N) is 2. The Morgan fingerprint density at radius 1 is 1.19 bits per heavy atom. The van der Waals surface area contributed by atoms with E-state index in [-0.39, 0.29) is 5.92 Å². The van der Waals surface area contributed by atoms with Gasteiger partial charge >= 0.3 is 12.0 Å². The van der Waals surface area contributed by atoms with Crippen LogP contribution in [0.4, 0.5) is 4.79 Å². The first-order valence-electron chi connectivity index (χ1n) is 9.06. The molecule has 0 saturated heterocycles. The van der Waals surface area contributed by atoms with Crippen molar-refractivity contribution in [1.82, 2.24) is 15.6 Å². The fourth-order valence-electron chi connectivity index (χ4n) is 2.45. The van der Waals surface area contributed by atoms with Gasteiger partial charge in [0.25, 0.3) is 5.91 Å². The van der Waals surface area contributed by atoms with E-state index in [0.29, 0.717) is 23.0 Å². The van der Waals surface area contributed by atoms with Gasteiger partial charge in [-0.15, -0.1) is 0 Å². The van der Waals surface area contributed by atoms with Crippen LogP contribution in [0, 0.1) is 0 Å². The standard InChI is InChI=1S/C20H25N3O4/c1-4-5-10-21-20(26)23-18(24)12-27-19(25)15-11-17(13(2)3)22-16-9-7-6-8-14(15)16/h6-9,11,13H,4-5,10,12H2,1-3H3,(H2,21,23,24,26). The number of aromatic nitrogens is 1. The fraction of sp³-hybridized carbons (Fsp3) is 0.400. The second-order valence-corrected chi connectivity index (χ2v) is 6.50. The van der Waals surface area contributed by atoms with Gasteiger partial charge in [0.1, 0.15) is 0 Å². The lowest BCUT2D eigenvalue weighted by atomic mass is 10.0. The number of benzene rings is 1. The minimum absolute atomic E-state index is 0.135. The number of hydrogen-bond acceptors (Lipinski definition) is 5. The lowest BCUT2D eigenvalue weighted by Crippen LogP contribution is -2.41. The molecule has 3 amide bonds. The SMILES string of the molecule is CCCCNC(=O)NC(=O)COC(=O)c1cc(C(C)C)nc2ccccc12. The van der Waals surface area contributed by atoms with Crippen LogP contribution in [0.3, 0.4) is 0 Å². The Bertz CT molecular complexity index is 833. The maximum atomic E-state index is 12.5. The van der Waals surface area contributed by atoms with Crippen LogP contribution < -0.4 is 10.6 Å². The number of ether oxygens (including phenoxy) is 1. The first kappa shape index (κ1) is 20.4. The Morgan fingerprint density at radius 3 is 2.63 bits per heavy atom. The van der Waals surface area contributed by atoms with Gasteiger partial charge in [-0.3, -0.25) is 15.1 Å². The van der Waals surface area contributed by atoms with E-state index < -0.39 is 24.5 Å². The number of rotatable bonds is 7. The van der Waals surface area contributed by atoms with Crippen molar-refractivity contribution in [3.05, 3.63) is 41.6 Å². The van der Waals surface area contributed by atoms with Gasteiger partial charge in [0.05, 0.1) is 11.1 Å². The second kappa shape index (κ2) is 9.66. The van der Waals surface area contributed by atoms with Gasteiger partial charge in [-0.05, 0) is 24.5 Å². The predicted octanol–water partition coefficient (Wildman–Crippen LogP) is 3.14. The summed E-state index contributed by atoms with van der Waals surface area (Å²) in [6, 6.07) is 8.35. The van der Waals surface area contributed by atoms with Crippen LogP contribution in [0.2, 0.25) is 0 Å². The highest BCUT2D eigenvalue weighted by molar-refractivity contribution is 6.04. The largest absolute Gasteiger partial charge is 0.452 e. The van der Waals surface area contributed by atoms with Gasteiger partial charge in [0, 0.05) is 17.6 Å². The number of pyridine rings is 1. The Balaban J connectivity index is 2.03. The van der Waals surface area contributed by atoms with Crippen molar-refractivity contribution in [3.8, 4) is 0 Å². The van der Waals surface area contributed by atoms with Gasteiger partial charge in [0.2, 0.25) is 0 Å². The quantitative estimate of drug-likeness (QED) is 0.576. The van der Waals surface area contributed by atoms with Gasteiger partial charge in [-0.1, -0.05) is 45.4 Å². The molecule has 0 unspecified atom stereocenters. The van der Waals surface area contributed by atoms with Crippen LogP contribution >= 0.6 is 0 Å². The summed E-state index contributed by atoms with van der Waals surface area (Å²) >= 11 is 0. The Labute approximate surface area is 158 Å². The van der Waals surface area contributed by atoms with Gasteiger partial charge in [-0.25, -0.2) is 9.59 Å². The maximum absolute atomic E-state index is 12.5. The number of amides is 3. The third-order valence-electron chi connectivity index (χ3n) is 3.95. The zero-order chi connectivity index (χ0) is 19.8. The molecule has 144 valence electrons. The molecule has 1 heterocycles. The second-order valence-electron chi connectivity index (χ2n) is 6.50. The van der Waals surface area contributed by atoms with E-state index in [2.05, 4.69) is 15.6 Å². The molecule has 0 saturated carbocycles. The summed E-state index contributed by atoms with van der Waals surface area (Å²) in [5, 5.41) is 5.35. The molecular weight excluding hydrogens is 346 g/mol. The van der Waals surface area contributed by atoms with Crippen molar-refractivity contribution in [2.24, 2.45) is 0 Å². The smallest absolute Gasteiger partial charge is 0.339 e. The van der Waals surface area contributed by atoms with Crippen molar-refractivity contribution >= 4 is 28.8 Å². The summed E-state index contributed by atoms with van der Waals surface area (Å²) in [5.74, 6) is -1.17. The molecule has 0 aliphatic rings. The van der Waals surface area contributed by atoms with Crippen molar-refractivity contribution < 1.29 is 19.1 Å². The van der Waals surface area contributed by atoms with E-state index in [1.807, 2.05) is 39.0 Å². The van der Waals surface area contributed by atoms with E-state index in [0.717, 1.165) is 18.5 Å². The number of unbranched alkanes of at least 4 members (excludes halogenated alkanes) is 1. The summed E-state index contributed by atoms with van der Waals surface area (Å²) < 4.78 is 5.10. The van der Waals surface area contributed by atoms with Gasteiger partial charge in [-0.2, -0.15) is 0 Å². The number of urea groups is 1. The normalized spacial score (nSPS) is 10.7. The van der Waals surface area contributed by atoms with E-state index in [9.17, 15) is 14.4 Å². The minimum atomic E-state index is -0.681. The molecule has 2 N–H and O–H groups in total. The Kier molecular flexibility index (Phi) is 7.28.